The first-order valence-corrected chi connectivity index (χ1v) is 9.45. The molecule has 0 aliphatic rings. The number of benzene rings is 2. The third kappa shape index (κ3) is 4.08. The molecule has 0 bridgehead atoms. The van der Waals surface area contributed by atoms with Crippen molar-refractivity contribution in [2.24, 2.45) is 10.2 Å². The Morgan fingerprint density at radius 2 is 1.81 bits per heavy atom. The predicted molar refractivity (Wildman–Crippen MR) is 108 cm³/mol. The van der Waals surface area contributed by atoms with Gasteiger partial charge < -0.3 is 9.67 Å². The van der Waals surface area contributed by atoms with Crippen LogP contribution >= 0.6 is 0 Å². The lowest BCUT2D eigenvalue weighted by Gasteiger charge is -2.08. The average Bonchev–Trinajstić information content (AvgIpc) is 2.96. The van der Waals surface area contributed by atoms with Gasteiger partial charge in [0.25, 0.3) is 5.91 Å². The third-order valence-corrected chi connectivity index (χ3v) is 4.73. The van der Waals surface area contributed by atoms with Gasteiger partial charge in [0.2, 0.25) is 5.88 Å². The van der Waals surface area contributed by atoms with Crippen LogP contribution in [0.15, 0.2) is 58.8 Å². The summed E-state index contributed by atoms with van der Waals surface area (Å²) in [5.41, 5.74) is 2.84. The van der Waals surface area contributed by atoms with E-state index in [1.54, 1.807) is 24.3 Å². The minimum atomic E-state index is -0.425. The average molecular weight is 363 g/mol. The van der Waals surface area contributed by atoms with Crippen molar-refractivity contribution < 1.29 is 9.90 Å². The number of azo groups is 1. The van der Waals surface area contributed by atoms with Crippen LogP contribution < -0.4 is 0 Å². The van der Waals surface area contributed by atoms with Crippen molar-refractivity contribution in [1.82, 2.24) is 4.57 Å². The Morgan fingerprint density at radius 1 is 1.04 bits per heavy atom. The number of carbonyl (C=O) groups is 1. The Morgan fingerprint density at radius 3 is 2.56 bits per heavy atom. The quantitative estimate of drug-likeness (QED) is 0.403. The number of hydrogen-bond acceptors (Lipinski definition) is 3. The SMILES string of the molecule is CCCCCCn1c(O)c(N=NC(=O)c2ccccc2)c2cccc(C)c21. The molecule has 1 aromatic heterocycles. The Bertz CT molecular complexity index is 959. The summed E-state index contributed by atoms with van der Waals surface area (Å²) < 4.78 is 1.89. The molecule has 0 saturated heterocycles. The van der Waals surface area contributed by atoms with Gasteiger partial charge >= 0.3 is 0 Å². The number of fused-ring (bicyclic) bond motifs is 1. The number of amides is 1. The van der Waals surface area contributed by atoms with Gasteiger partial charge in [-0.1, -0.05) is 62.6 Å². The van der Waals surface area contributed by atoms with E-state index >= 15 is 0 Å². The van der Waals surface area contributed by atoms with E-state index in [1.807, 2.05) is 35.8 Å². The van der Waals surface area contributed by atoms with E-state index < -0.39 is 5.91 Å². The second-order valence-electron chi connectivity index (χ2n) is 6.73. The fourth-order valence-corrected chi connectivity index (χ4v) is 3.31. The first-order valence-electron chi connectivity index (χ1n) is 9.45. The van der Waals surface area contributed by atoms with Crippen LogP contribution in [0.1, 0.15) is 48.5 Å². The maximum absolute atomic E-state index is 12.2. The monoisotopic (exact) mass is 363 g/mol. The van der Waals surface area contributed by atoms with E-state index in [2.05, 4.69) is 17.2 Å². The van der Waals surface area contributed by atoms with Gasteiger partial charge in [-0.3, -0.25) is 4.79 Å². The molecule has 0 unspecified atom stereocenters. The lowest BCUT2D eigenvalue weighted by atomic mass is 10.1. The summed E-state index contributed by atoms with van der Waals surface area (Å²) in [6.07, 6.45) is 4.44. The predicted octanol–water partition coefficient (Wildman–Crippen LogP) is 6.16. The Kier molecular flexibility index (Phi) is 6.01. The van der Waals surface area contributed by atoms with Crippen LogP contribution in [0.4, 0.5) is 5.69 Å². The molecule has 5 heteroatoms. The van der Waals surface area contributed by atoms with Gasteiger partial charge in [-0.25, -0.2) is 0 Å². The highest BCUT2D eigenvalue weighted by Crippen LogP contribution is 2.40. The van der Waals surface area contributed by atoms with Gasteiger partial charge in [-0.2, -0.15) is 0 Å². The molecule has 3 aromatic rings. The highest BCUT2D eigenvalue weighted by molar-refractivity contribution is 5.98. The second kappa shape index (κ2) is 8.62. The molecule has 1 N–H and O–H groups in total. The maximum atomic E-state index is 12.2. The summed E-state index contributed by atoms with van der Waals surface area (Å²) in [5.74, 6) is -0.355. The summed E-state index contributed by atoms with van der Waals surface area (Å²) in [4.78, 5) is 12.2. The van der Waals surface area contributed by atoms with Crippen LogP contribution in [0.5, 0.6) is 5.88 Å². The zero-order chi connectivity index (χ0) is 19.2. The molecule has 27 heavy (non-hydrogen) atoms. The van der Waals surface area contributed by atoms with Crippen molar-refractivity contribution in [1.29, 1.82) is 0 Å². The molecular weight excluding hydrogens is 338 g/mol. The van der Waals surface area contributed by atoms with Crippen molar-refractivity contribution in [3.63, 3.8) is 0 Å². The van der Waals surface area contributed by atoms with E-state index in [-0.39, 0.29) is 5.88 Å². The van der Waals surface area contributed by atoms with Crippen molar-refractivity contribution in [2.75, 3.05) is 0 Å². The summed E-state index contributed by atoms with van der Waals surface area (Å²) >= 11 is 0. The highest BCUT2D eigenvalue weighted by atomic mass is 16.3. The van der Waals surface area contributed by atoms with E-state index in [4.69, 9.17) is 0 Å². The number of nitrogens with zero attached hydrogens (tertiary/aromatic N) is 3. The molecule has 0 aliphatic heterocycles. The molecule has 0 saturated carbocycles. The van der Waals surface area contributed by atoms with Gasteiger partial charge in [0.1, 0.15) is 0 Å². The van der Waals surface area contributed by atoms with Crippen LogP contribution in [-0.4, -0.2) is 15.6 Å². The van der Waals surface area contributed by atoms with Gasteiger partial charge in [0.05, 0.1) is 5.52 Å². The van der Waals surface area contributed by atoms with Gasteiger partial charge in [-0.15, -0.1) is 10.2 Å². The molecule has 0 radical (unpaired) electrons. The van der Waals surface area contributed by atoms with Crippen LogP contribution in [0.25, 0.3) is 10.9 Å². The number of rotatable bonds is 7. The van der Waals surface area contributed by atoms with Crippen LogP contribution in [-0.2, 0) is 6.54 Å². The third-order valence-electron chi connectivity index (χ3n) is 4.73. The molecule has 0 fully saturated rings. The number of para-hydroxylation sites is 1. The molecular formula is C22H25N3O2. The standard InChI is InChI=1S/C22H25N3O2/c1-3-4-5-9-15-25-20-16(2)11-10-14-18(20)19(22(25)27)23-24-21(26)17-12-7-6-8-13-17/h6-8,10-14,27H,3-5,9,15H2,1-2H3. The molecule has 5 nitrogen and oxygen atoms in total. The van der Waals surface area contributed by atoms with Gasteiger partial charge in [0.15, 0.2) is 5.69 Å². The number of unbranched alkanes of at least 4 members (excludes halogenated alkanes) is 3. The lowest BCUT2D eigenvalue weighted by Crippen LogP contribution is -1.98. The number of carbonyl (C=O) groups excluding carboxylic acids is 1. The summed E-state index contributed by atoms with van der Waals surface area (Å²) in [6, 6.07) is 14.7. The van der Waals surface area contributed by atoms with Crippen molar-refractivity contribution in [3.8, 4) is 5.88 Å². The molecule has 0 atom stereocenters. The highest BCUT2D eigenvalue weighted by Gasteiger charge is 2.18. The lowest BCUT2D eigenvalue weighted by molar-refractivity contribution is 0.0995. The largest absolute Gasteiger partial charge is 0.493 e. The Labute approximate surface area is 159 Å². The minimum Gasteiger partial charge on any atom is -0.493 e. The van der Waals surface area contributed by atoms with Crippen molar-refractivity contribution >= 4 is 22.5 Å². The molecule has 3 rings (SSSR count). The molecule has 1 amide bonds. The number of hydrogen-bond donors (Lipinski definition) is 1. The van der Waals surface area contributed by atoms with Gasteiger partial charge in [-0.05, 0) is 31.0 Å². The summed E-state index contributed by atoms with van der Waals surface area (Å²) in [7, 11) is 0. The zero-order valence-corrected chi connectivity index (χ0v) is 15.9. The number of aromatic hydroxyl groups is 1. The number of aryl methyl sites for hydroxylation is 2. The fraction of sp³-hybridized carbons (Fsp3) is 0.318. The van der Waals surface area contributed by atoms with E-state index in [1.165, 1.54) is 12.8 Å². The van der Waals surface area contributed by atoms with Crippen LogP contribution in [0.3, 0.4) is 0 Å². The Balaban J connectivity index is 1.95. The zero-order valence-electron chi connectivity index (χ0n) is 15.9. The summed E-state index contributed by atoms with van der Waals surface area (Å²) in [6.45, 7) is 4.91. The second-order valence-corrected chi connectivity index (χ2v) is 6.73. The minimum absolute atomic E-state index is 0.0698. The van der Waals surface area contributed by atoms with E-state index in [0.29, 0.717) is 11.3 Å². The smallest absolute Gasteiger partial charge is 0.295 e. The topological polar surface area (TPSA) is 66.9 Å². The van der Waals surface area contributed by atoms with E-state index in [0.717, 1.165) is 35.9 Å². The van der Waals surface area contributed by atoms with Crippen LogP contribution in [0.2, 0.25) is 0 Å². The fourth-order valence-electron chi connectivity index (χ4n) is 3.31. The maximum Gasteiger partial charge on any atom is 0.295 e. The van der Waals surface area contributed by atoms with Crippen LogP contribution in [0, 0.1) is 6.92 Å². The van der Waals surface area contributed by atoms with Gasteiger partial charge in [0, 0.05) is 17.5 Å². The van der Waals surface area contributed by atoms with Crippen molar-refractivity contribution in [3.05, 3.63) is 59.7 Å². The molecule has 2 aromatic carbocycles. The molecule has 140 valence electrons. The van der Waals surface area contributed by atoms with Crippen molar-refractivity contribution in [2.45, 2.75) is 46.1 Å². The first-order chi connectivity index (χ1) is 13.1. The van der Waals surface area contributed by atoms with E-state index in [9.17, 15) is 9.90 Å². The molecule has 0 spiro atoms. The molecule has 1 heterocycles. The normalized spacial score (nSPS) is 11.5. The number of aromatic nitrogens is 1. The first kappa shape index (κ1) is 18.8. The molecule has 0 aliphatic carbocycles. The summed E-state index contributed by atoms with van der Waals surface area (Å²) in [5, 5.41) is 19.5. The Hall–Kier alpha value is -2.95.